The lowest BCUT2D eigenvalue weighted by Gasteiger charge is -2.27. The number of carbonyl (C=O) groups is 5. The highest BCUT2D eigenvalue weighted by atomic mass is 31.2. The molecule has 81 heavy (non-hydrogen) atoms. The van der Waals surface area contributed by atoms with Gasteiger partial charge in [0, 0.05) is 25.2 Å². The molecule has 26 nitrogen and oxygen atoms in total. The van der Waals surface area contributed by atoms with E-state index in [-0.39, 0.29) is 57.3 Å². The van der Waals surface area contributed by atoms with E-state index in [0.29, 0.717) is 19.3 Å². The van der Waals surface area contributed by atoms with Crippen LogP contribution in [0.15, 0.2) is 101 Å². The van der Waals surface area contributed by atoms with Crippen LogP contribution in [0.1, 0.15) is 102 Å². The Balaban J connectivity index is 1.12. The number of alkyl carbamates (subject to hydrolysis) is 2. The van der Waals surface area contributed by atoms with Crippen LogP contribution < -0.4 is 43.9 Å². The Hall–Kier alpha value is -7.45. The third kappa shape index (κ3) is 18.5. The number of hydroxylamine groups is 1. The molecule has 1 aliphatic heterocycles. The highest BCUT2D eigenvalue weighted by molar-refractivity contribution is 7.47. The van der Waals surface area contributed by atoms with Gasteiger partial charge >= 0.3 is 31.7 Å². The van der Waals surface area contributed by atoms with Crippen molar-refractivity contribution in [2.75, 3.05) is 32.0 Å². The van der Waals surface area contributed by atoms with Crippen LogP contribution in [-0.4, -0.2) is 129 Å². The number of fused-ring (bicyclic) bond motifs is 3. The average Bonchev–Trinajstić information content (AvgIpc) is 4.12. The summed E-state index contributed by atoms with van der Waals surface area (Å²) in [6, 6.07) is 22.0. The Bertz CT molecular complexity index is 2880. The summed E-state index contributed by atoms with van der Waals surface area (Å²) < 4.78 is 45.6. The number of ether oxygens (including phenoxy) is 4. The molecule has 1 fully saturated rings. The third-order valence-corrected chi connectivity index (χ3v) is 14.0. The molecule has 9 atom stereocenters. The van der Waals surface area contributed by atoms with Crippen molar-refractivity contribution in [3.8, 4) is 11.1 Å². The number of nitrogens with two attached hydrogens (primary N) is 2. The molecule has 2 aliphatic rings. The molecule has 0 spiro atoms. The molecular weight excluding hydrogens is 1080 g/mol. The van der Waals surface area contributed by atoms with E-state index in [2.05, 4.69) is 31.2 Å². The lowest BCUT2D eigenvalue weighted by atomic mass is 9.98. The largest absolute Gasteiger partial charge is 0.493 e. The summed E-state index contributed by atoms with van der Waals surface area (Å²) in [6.07, 6.45) is -5.48. The van der Waals surface area contributed by atoms with Gasteiger partial charge in [0.15, 0.2) is 6.23 Å². The van der Waals surface area contributed by atoms with Crippen LogP contribution in [0.25, 0.3) is 11.1 Å². The molecule has 3 aromatic carbocycles. The number of nitrogens with zero attached hydrogens (tertiary/aromatic N) is 3. The first kappa shape index (κ1) is 62.7. The molecule has 1 aromatic heterocycles. The summed E-state index contributed by atoms with van der Waals surface area (Å²) in [7, 11) is -5.02. The number of aliphatic imine (C=N–C) groups is 1. The van der Waals surface area contributed by atoms with Crippen LogP contribution in [0.3, 0.4) is 0 Å². The molecule has 0 saturated carbocycles. The van der Waals surface area contributed by atoms with E-state index >= 15 is 0 Å². The quantitative estimate of drug-likeness (QED) is 0.00776. The van der Waals surface area contributed by atoms with Gasteiger partial charge in [-0.25, -0.2) is 29.2 Å². The highest BCUT2D eigenvalue weighted by Gasteiger charge is 2.45. The van der Waals surface area contributed by atoms with Crippen LogP contribution in [0, 0.1) is 5.92 Å². The number of hydrogen-bond donors (Lipinski definition) is 10. The van der Waals surface area contributed by atoms with Gasteiger partial charge in [-0.05, 0) is 92.7 Å². The van der Waals surface area contributed by atoms with Crippen molar-refractivity contribution < 1.29 is 71.7 Å². The summed E-state index contributed by atoms with van der Waals surface area (Å²) in [6.45, 7) is 7.87. The van der Waals surface area contributed by atoms with E-state index in [4.69, 9.17) is 39.6 Å². The van der Waals surface area contributed by atoms with Gasteiger partial charge in [0.25, 0.3) is 0 Å². The molecular formula is C54H73N10O16P. The predicted octanol–water partition coefficient (Wildman–Crippen LogP) is 3.54. The van der Waals surface area contributed by atoms with Crippen molar-refractivity contribution in [1.29, 1.82) is 0 Å². The second-order valence-electron chi connectivity index (χ2n) is 20.4. The zero-order chi connectivity index (χ0) is 58.9. The SMILES string of the molecule is CCC(C)C(NC(=O)C(CCCN=C(N)NOP(=O)(O)OC[C@H]1O[C@@H](n2ccc(N)nc2=O)[C@H](O)[C@@H]1O)NC(=O)C(CCCCNC(=O)OC(C)(C)C)NC(=O)OCC1c2ccccc2-c2ccccc21)C(=O)OCc1ccccc1. The van der Waals surface area contributed by atoms with Gasteiger partial charge in [-0.1, -0.05) is 99.1 Å². The number of phosphoric ester groups is 1. The number of benzene rings is 3. The van der Waals surface area contributed by atoms with E-state index in [1.54, 1.807) is 52.0 Å². The fourth-order valence-corrected chi connectivity index (χ4v) is 9.45. The zero-order valence-corrected chi connectivity index (χ0v) is 46.6. The summed E-state index contributed by atoms with van der Waals surface area (Å²) >= 11 is 0. The number of carbonyl (C=O) groups excluding carboxylic acids is 5. The second kappa shape index (κ2) is 29.3. The number of amides is 4. The number of aliphatic hydroxyl groups is 2. The number of nitrogen functional groups attached to an aromatic ring is 1. The number of esters is 1. The van der Waals surface area contributed by atoms with Crippen LogP contribution in [0.5, 0.6) is 0 Å². The third-order valence-electron chi connectivity index (χ3n) is 13.2. The van der Waals surface area contributed by atoms with Gasteiger partial charge in [0.2, 0.25) is 17.8 Å². The minimum Gasteiger partial charge on any atom is -0.459 e. The summed E-state index contributed by atoms with van der Waals surface area (Å²) in [5.41, 5.74) is 16.5. The van der Waals surface area contributed by atoms with E-state index in [1.165, 1.54) is 12.3 Å². The number of rotatable bonds is 27. The topological polar surface area (TPSA) is 378 Å². The number of nitrogens with one attached hydrogen (secondary N) is 5. The summed E-state index contributed by atoms with van der Waals surface area (Å²) in [5, 5.41) is 31.9. The van der Waals surface area contributed by atoms with Gasteiger partial charge < -0.3 is 66.8 Å². The number of guanidine groups is 1. The fraction of sp³-hybridized carbons (Fsp3) is 0.481. The summed E-state index contributed by atoms with van der Waals surface area (Å²) in [5.74, 6) is -3.58. The van der Waals surface area contributed by atoms with Crippen molar-refractivity contribution in [2.24, 2.45) is 16.6 Å². The van der Waals surface area contributed by atoms with Gasteiger partial charge in [0.1, 0.15) is 61.1 Å². The molecule has 0 bridgehead atoms. The van der Waals surface area contributed by atoms with Gasteiger partial charge in [-0.3, -0.25) is 23.7 Å². The number of unbranched alkanes of at least 4 members (excludes halogenated alkanes) is 1. The Morgan fingerprint density at radius 3 is 2.11 bits per heavy atom. The number of hydrogen-bond acceptors (Lipinski definition) is 18. The number of aliphatic hydroxyl groups excluding tert-OH is 2. The molecule has 4 aromatic rings. The average molecular weight is 1150 g/mol. The molecule has 5 unspecified atom stereocenters. The molecule has 4 amide bonds. The van der Waals surface area contributed by atoms with E-state index in [1.807, 2.05) is 67.0 Å². The lowest BCUT2D eigenvalue weighted by molar-refractivity contribution is -0.151. The zero-order valence-electron chi connectivity index (χ0n) is 45.7. The first-order chi connectivity index (χ1) is 38.5. The van der Waals surface area contributed by atoms with Crippen molar-refractivity contribution in [1.82, 2.24) is 36.3 Å². The van der Waals surface area contributed by atoms with Crippen LogP contribution in [0.2, 0.25) is 0 Å². The maximum absolute atomic E-state index is 14.4. The van der Waals surface area contributed by atoms with Gasteiger partial charge in [-0.15, -0.1) is 0 Å². The standard InChI is InChI=1S/C54H73N10O16P/c1-6-32(2)43(49(69)75-29-33-17-8-7-9-18-33)62-47(68)39(24-16-27-57-50(56)63-80-81(73,74)77-31-41-44(65)45(66)48(78-41)64-28-25-42(55)61-51(64)70)59-46(67)40(23-14-15-26-58-52(71)79-54(3,4)5)60-53(72)76-30-38-36-21-12-10-19-34(36)35-20-11-13-22-37(35)38/h7-13,17-22,25,28,32,38-41,43-45,48,65-66H,6,14-16,23-24,26-27,29-31H2,1-5H3,(H,58,71)(H,59,67)(H,60,72)(H,62,68)(H,73,74)(H2,55,61,70)(H3,56,57,63)/t32?,39?,40?,41-,43?,44-,45-,48-/m1/s1. The normalized spacial score (nSPS) is 19.1. The van der Waals surface area contributed by atoms with Crippen molar-refractivity contribution >= 4 is 49.6 Å². The molecule has 440 valence electrons. The predicted molar refractivity (Wildman–Crippen MR) is 294 cm³/mol. The lowest BCUT2D eigenvalue weighted by Crippen LogP contribution is -2.57. The highest BCUT2D eigenvalue weighted by Crippen LogP contribution is 2.45. The van der Waals surface area contributed by atoms with Crippen LogP contribution in [-0.2, 0) is 53.7 Å². The first-order valence-corrected chi connectivity index (χ1v) is 28.0. The monoisotopic (exact) mass is 1150 g/mol. The minimum absolute atomic E-state index is 0.0221. The molecule has 0 radical (unpaired) electrons. The Kier molecular flexibility index (Phi) is 22.7. The number of anilines is 1. The number of aromatic nitrogens is 2. The molecule has 12 N–H and O–H groups in total. The molecule has 1 aliphatic carbocycles. The van der Waals surface area contributed by atoms with Crippen molar-refractivity contribution in [2.45, 2.75) is 134 Å². The minimum atomic E-state index is -5.02. The Morgan fingerprint density at radius 1 is 0.827 bits per heavy atom. The second-order valence-corrected chi connectivity index (χ2v) is 21.8. The maximum Gasteiger partial charge on any atom is 0.493 e. The Morgan fingerprint density at radius 2 is 1.46 bits per heavy atom. The van der Waals surface area contributed by atoms with E-state index in [9.17, 15) is 48.4 Å². The van der Waals surface area contributed by atoms with Gasteiger partial charge in [0.05, 0.1) is 6.61 Å². The van der Waals surface area contributed by atoms with Crippen molar-refractivity contribution in [3.05, 3.63) is 118 Å². The molecule has 1 saturated heterocycles. The fourth-order valence-electron chi connectivity index (χ4n) is 8.85. The van der Waals surface area contributed by atoms with E-state index < -0.39 is 110 Å². The smallest absolute Gasteiger partial charge is 0.459 e. The maximum atomic E-state index is 14.4. The number of phosphoric acid groups is 1. The Labute approximate surface area is 468 Å². The van der Waals surface area contributed by atoms with Crippen molar-refractivity contribution in [3.63, 3.8) is 0 Å². The van der Waals surface area contributed by atoms with Crippen LogP contribution in [0.4, 0.5) is 15.4 Å². The van der Waals surface area contributed by atoms with Crippen LogP contribution >= 0.6 is 7.82 Å². The molecule has 6 rings (SSSR count). The molecule has 2 heterocycles. The summed E-state index contributed by atoms with van der Waals surface area (Å²) in [4.78, 5) is 98.8. The van der Waals surface area contributed by atoms with Gasteiger partial charge in [-0.2, -0.15) is 9.61 Å². The molecule has 27 heteroatoms. The van der Waals surface area contributed by atoms with E-state index in [0.717, 1.165) is 32.4 Å². The first-order valence-electron chi connectivity index (χ1n) is 26.5.